The number of hydrogen-bond acceptors (Lipinski definition) is 10. The highest BCUT2D eigenvalue weighted by Gasteiger charge is 2.47. The first-order valence-corrected chi connectivity index (χ1v) is 14.9. The van der Waals surface area contributed by atoms with Crippen LogP contribution in [0.3, 0.4) is 0 Å². The molecule has 4 fully saturated rings. The molecule has 1 spiro atoms. The number of hydrogen-bond donors (Lipinski definition) is 0. The summed E-state index contributed by atoms with van der Waals surface area (Å²) in [6.07, 6.45) is 7.76. The van der Waals surface area contributed by atoms with Crippen LogP contribution in [0.15, 0.2) is 36.8 Å². The van der Waals surface area contributed by atoms with E-state index in [1.165, 1.54) is 0 Å². The molecule has 12 heteroatoms. The Balaban J connectivity index is 1.20. The molecule has 4 aliphatic heterocycles. The van der Waals surface area contributed by atoms with Gasteiger partial charge in [0.25, 0.3) is 0 Å². The fourth-order valence-electron chi connectivity index (χ4n) is 7.45. The van der Waals surface area contributed by atoms with Crippen molar-refractivity contribution in [2.24, 2.45) is 12.5 Å². The maximum atomic E-state index is 5.96. The highest BCUT2D eigenvalue weighted by molar-refractivity contribution is 5.92. The summed E-state index contributed by atoms with van der Waals surface area (Å²) < 4.78 is 21.4. The third-order valence-corrected chi connectivity index (χ3v) is 9.76. The maximum absolute atomic E-state index is 5.96. The van der Waals surface area contributed by atoms with E-state index in [1.807, 2.05) is 29.9 Å². The number of aryl methyl sites for hydroxylation is 2. The molecule has 2 bridgehead atoms. The van der Waals surface area contributed by atoms with Crippen LogP contribution in [-0.4, -0.2) is 93.0 Å². The lowest BCUT2D eigenvalue weighted by Gasteiger charge is -2.47. The molecule has 0 radical (unpaired) electrons. The van der Waals surface area contributed by atoms with Gasteiger partial charge in [0, 0.05) is 68.2 Å². The van der Waals surface area contributed by atoms with Gasteiger partial charge < -0.3 is 28.6 Å². The fraction of sp³-hybridized carbons (Fsp3) is 0.452. The summed E-state index contributed by atoms with van der Waals surface area (Å²) in [5.74, 6) is 3.34. The molecular formula is C31H33N9O3. The van der Waals surface area contributed by atoms with Crippen LogP contribution in [0, 0.1) is 12.3 Å². The summed E-state index contributed by atoms with van der Waals surface area (Å²) in [6.45, 7) is 7.19. The molecule has 220 valence electrons. The van der Waals surface area contributed by atoms with Crippen LogP contribution in [-0.2, 0) is 16.5 Å². The van der Waals surface area contributed by atoms with Gasteiger partial charge in [-0.2, -0.15) is 5.10 Å². The summed E-state index contributed by atoms with van der Waals surface area (Å²) >= 11 is 0. The van der Waals surface area contributed by atoms with Crippen LogP contribution in [0.1, 0.15) is 18.5 Å². The van der Waals surface area contributed by atoms with E-state index >= 15 is 0 Å². The molecule has 9 heterocycles. The molecule has 2 atom stereocenters. The van der Waals surface area contributed by atoms with Crippen molar-refractivity contribution >= 4 is 33.7 Å². The van der Waals surface area contributed by atoms with E-state index in [0.717, 1.165) is 115 Å². The van der Waals surface area contributed by atoms with Gasteiger partial charge in [-0.15, -0.1) is 0 Å². The number of morpholine rings is 1. The topological polar surface area (TPSA) is 108 Å². The molecule has 43 heavy (non-hydrogen) atoms. The Morgan fingerprint density at radius 2 is 2.00 bits per heavy atom. The molecule has 0 unspecified atom stereocenters. The second kappa shape index (κ2) is 9.10. The molecule has 0 amide bonds. The number of nitrogens with zero attached hydrogens (tertiary/aromatic N) is 9. The van der Waals surface area contributed by atoms with Gasteiger partial charge in [0.1, 0.15) is 11.3 Å². The molecule has 4 saturated heterocycles. The highest BCUT2D eigenvalue weighted by atomic mass is 16.5. The van der Waals surface area contributed by atoms with Gasteiger partial charge in [-0.3, -0.25) is 9.97 Å². The Bertz CT molecular complexity index is 1900. The zero-order chi connectivity index (χ0) is 28.9. The third-order valence-electron chi connectivity index (χ3n) is 9.76. The molecular weight excluding hydrogens is 546 g/mol. The van der Waals surface area contributed by atoms with Crippen LogP contribution in [0.4, 0.5) is 11.8 Å². The number of anilines is 2. The lowest BCUT2D eigenvalue weighted by Crippen LogP contribution is -2.57. The SMILES string of the molecule is COc1ccncc1-c1cc2c(cnn2-c2cc3c(nc(N4CC5(CCOC5)C4)n3C)c(N3C[C@H]4C[C@@H]3CO4)n2)c(C)n1. The number of pyridine rings is 3. The van der Waals surface area contributed by atoms with E-state index in [0.29, 0.717) is 6.04 Å². The zero-order valence-corrected chi connectivity index (χ0v) is 24.5. The van der Waals surface area contributed by atoms with Crippen molar-refractivity contribution < 1.29 is 14.2 Å². The fourth-order valence-corrected chi connectivity index (χ4v) is 7.45. The molecule has 5 aromatic rings. The van der Waals surface area contributed by atoms with Gasteiger partial charge in [0.2, 0.25) is 5.95 Å². The van der Waals surface area contributed by atoms with Crippen molar-refractivity contribution in [3.05, 3.63) is 42.5 Å². The maximum Gasteiger partial charge on any atom is 0.206 e. The number of rotatable bonds is 5. The van der Waals surface area contributed by atoms with Gasteiger partial charge in [0.05, 0.1) is 61.0 Å². The van der Waals surface area contributed by atoms with Crippen LogP contribution < -0.4 is 14.5 Å². The van der Waals surface area contributed by atoms with Gasteiger partial charge >= 0.3 is 0 Å². The van der Waals surface area contributed by atoms with E-state index in [2.05, 4.69) is 32.5 Å². The second-order valence-electron chi connectivity index (χ2n) is 12.5. The van der Waals surface area contributed by atoms with Crippen molar-refractivity contribution in [3.63, 3.8) is 0 Å². The molecule has 0 aliphatic carbocycles. The quantitative estimate of drug-likeness (QED) is 0.308. The average molecular weight is 580 g/mol. The van der Waals surface area contributed by atoms with Crippen LogP contribution >= 0.6 is 0 Å². The normalized spacial score (nSPS) is 22.4. The van der Waals surface area contributed by atoms with Crippen LogP contribution in [0.25, 0.3) is 39.0 Å². The lowest BCUT2D eigenvalue weighted by molar-refractivity contribution is 0.0989. The molecule has 5 aromatic heterocycles. The number of ether oxygens (including phenoxy) is 3. The number of imidazole rings is 1. The standard InChI is InChI=1S/C31H33N9O3/c1-18-21-12-33-40(24(21)9-23(34-18)22-11-32-6-4-26(22)41-3)27-10-25-28(29(35-27)39-13-20-8-19(39)14-43-20)36-30(37(25)2)38-15-31(16-38)5-7-42-17-31/h4,6,9-12,19-20H,5,7-8,13-17H2,1-3H3/t19-,20-/m1/s1. The number of aromatic nitrogens is 7. The van der Waals surface area contributed by atoms with Crippen LogP contribution in [0.2, 0.25) is 0 Å². The summed E-state index contributed by atoms with van der Waals surface area (Å²) in [5.41, 5.74) is 5.63. The summed E-state index contributed by atoms with van der Waals surface area (Å²) in [7, 11) is 3.77. The monoisotopic (exact) mass is 579 g/mol. The predicted octanol–water partition coefficient (Wildman–Crippen LogP) is 3.29. The van der Waals surface area contributed by atoms with E-state index < -0.39 is 0 Å². The van der Waals surface area contributed by atoms with Crippen molar-refractivity contribution in [2.75, 3.05) is 56.4 Å². The molecule has 0 aromatic carbocycles. The largest absolute Gasteiger partial charge is 0.496 e. The predicted molar refractivity (Wildman–Crippen MR) is 161 cm³/mol. The third kappa shape index (κ3) is 3.72. The molecule has 4 aliphatic rings. The lowest BCUT2D eigenvalue weighted by atomic mass is 9.79. The van der Waals surface area contributed by atoms with E-state index in [4.69, 9.17) is 34.3 Å². The van der Waals surface area contributed by atoms with Crippen molar-refractivity contribution in [1.29, 1.82) is 0 Å². The van der Waals surface area contributed by atoms with Crippen molar-refractivity contribution in [3.8, 4) is 22.8 Å². The average Bonchev–Trinajstić information content (AvgIpc) is 3.84. The number of methoxy groups -OCH3 is 1. The van der Waals surface area contributed by atoms with E-state index in [-0.39, 0.29) is 11.5 Å². The zero-order valence-electron chi connectivity index (χ0n) is 24.5. The number of fused-ring (bicyclic) bond motifs is 4. The van der Waals surface area contributed by atoms with Crippen molar-refractivity contribution in [1.82, 2.24) is 34.3 Å². The minimum atomic E-state index is 0.238. The molecule has 12 nitrogen and oxygen atoms in total. The minimum absolute atomic E-state index is 0.238. The van der Waals surface area contributed by atoms with Gasteiger partial charge in [0.15, 0.2) is 11.6 Å². The van der Waals surface area contributed by atoms with E-state index in [9.17, 15) is 0 Å². The molecule has 0 N–H and O–H groups in total. The Kier molecular flexibility index (Phi) is 5.34. The molecule has 0 saturated carbocycles. The Hall–Kier alpha value is -4.29. The Morgan fingerprint density at radius 3 is 2.77 bits per heavy atom. The van der Waals surface area contributed by atoms with Gasteiger partial charge in [-0.1, -0.05) is 0 Å². The summed E-state index contributed by atoms with van der Waals surface area (Å²) in [4.78, 5) is 24.5. The second-order valence-corrected chi connectivity index (χ2v) is 12.5. The smallest absolute Gasteiger partial charge is 0.206 e. The Morgan fingerprint density at radius 1 is 1.09 bits per heavy atom. The summed E-state index contributed by atoms with van der Waals surface area (Å²) in [6, 6.07) is 6.31. The first kappa shape index (κ1) is 25.2. The minimum Gasteiger partial charge on any atom is -0.496 e. The van der Waals surface area contributed by atoms with Gasteiger partial charge in [-0.25, -0.2) is 14.6 Å². The van der Waals surface area contributed by atoms with Gasteiger partial charge in [-0.05, 0) is 31.9 Å². The van der Waals surface area contributed by atoms with E-state index in [1.54, 1.807) is 19.5 Å². The van der Waals surface area contributed by atoms with Crippen molar-refractivity contribution in [2.45, 2.75) is 31.9 Å². The summed E-state index contributed by atoms with van der Waals surface area (Å²) in [5, 5.41) is 5.81. The first-order valence-electron chi connectivity index (χ1n) is 14.9. The first-order chi connectivity index (χ1) is 21.0. The molecule has 9 rings (SSSR count). The highest BCUT2D eigenvalue weighted by Crippen LogP contribution is 2.43. The Labute approximate surface area is 248 Å². The van der Waals surface area contributed by atoms with Crippen LogP contribution in [0.5, 0.6) is 5.75 Å².